The number of hydrogen-bond donors (Lipinski definition) is 1. The second-order valence-electron chi connectivity index (χ2n) is 8.72. The largest absolute Gasteiger partial charge is 0.487 e. The Kier molecular flexibility index (Phi) is 10.0. The number of hydrogen-bond acceptors (Lipinski definition) is 6. The molecule has 3 heterocycles. The fraction of sp³-hybridized carbons (Fsp3) is 0.538. The van der Waals surface area contributed by atoms with Gasteiger partial charge in [-0.25, -0.2) is 0 Å². The Morgan fingerprint density at radius 1 is 1.36 bits per heavy atom. The van der Waals surface area contributed by atoms with Crippen LogP contribution in [-0.2, 0) is 9.53 Å². The predicted octanol–water partition coefficient (Wildman–Crippen LogP) is 4.79. The number of carbonyl (C=O) groups excluding carboxylic acids is 1. The molecule has 2 saturated heterocycles. The van der Waals surface area contributed by atoms with Gasteiger partial charge in [-0.3, -0.25) is 14.1 Å². The zero-order chi connectivity index (χ0) is 23.5. The van der Waals surface area contributed by atoms with E-state index in [2.05, 4.69) is 17.0 Å². The maximum atomic E-state index is 11.4. The Balaban J connectivity index is 1.49. The molecule has 0 unspecified atom stereocenters. The summed E-state index contributed by atoms with van der Waals surface area (Å²) >= 11 is 1.94. The molecule has 180 valence electrons. The summed E-state index contributed by atoms with van der Waals surface area (Å²) in [6.07, 6.45) is 14.9. The molecule has 2 aliphatic heterocycles. The van der Waals surface area contributed by atoms with Crippen molar-refractivity contribution in [3.63, 3.8) is 0 Å². The van der Waals surface area contributed by atoms with E-state index in [1.54, 1.807) is 6.08 Å². The number of aromatic nitrogens is 1. The molecular weight excluding hydrogens is 434 g/mol. The van der Waals surface area contributed by atoms with Gasteiger partial charge in [0.15, 0.2) is 0 Å². The number of amides is 1. The van der Waals surface area contributed by atoms with Gasteiger partial charge >= 0.3 is 0 Å². The van der Waals surface area contributed by atoms with Gasteiger partial charge < -0.3 is 15.2 Å². The highest BCUT2D eigenvalue weighted by atomic mass is 32.2. The van der Waals surface area contributed by atoms with E-state index in [1.165, 1.54) is 0 Å². The number of pyridine rings is 1. The molecule has 0 atom stereocenters. The average Bonchev–Trinajstić information content (AvgIpc) is 2.84. The van der Waals surface area contributed by atoms with Crippen molar-refractivity contribution in [3.05, 3.63) is 60.5 Å². The van der Waals surface area contributed by atoms with Crippen LogP contribution in [-0.4, -0.2) is 52.9 Å². The third kappa shape index (κ3) is 8.02. The zero-order valence-electron chi connectivity index (χ0n) is 19.7. The van der Waals surface area contributed by atoms with Crippen LogP contribution in [0.2, 0.25) is 0 Å². The molecule has 1 aromatic rings. The summed E-state index contributed by atoms with van der Waals surface area (Å²) < 4.78 is 14.0. The fourth-order valence-electron chi connectivity index (χ4n) is 4.30. The van der Waals surface area contributed by atoms with E-state index in [4.69, 9.17) is 20.2 Å². The lowest BCUT2D eigenvalue weighted by Crippen LogP contribution is -2.40. The van der Waals surface area contributed by atoms with E-state index in [0.717, 1.165) is 75.4 Å². The number of nitrogens with zero attached hydrogens (tertiary/aromatic N) is 2. The molecule has 2 fully saturated rings. The van der Waals surface area contributed by atoms with Gasteiger partial charge in [0.2, 0.25) is 5.91 Å². The lowest BCUT2D eigenvalue weighted by atomic mass is 9.93. The Hall–Kier alpha value is -2.09. The normalized spacial score (nSPS) is 20.1. The first-order chi connectivity index (χ1) is 16.0. The van der Waals surface area contributed by atoms with Crippen LogP contribution in [0, 0.1) is 0 Å². The quantitative estimate of drug-likeness (QED) is 0.369. The van der Waals surface area contributed by atoms with Crippen molar-refractivity contribution in [2.24, 2.45) is 5.73 Å². The van der Waals surface area contributed by atoms with E-state index in [9.17, 15) is 4.79 Å². The number of primary amides is 1. The van der Waals surface area contributed by atoms with E-state index in [0.29, 0.717) is 18.9 Å². The highest BCUT2D eigenvalue weighted by molar-refractivity contribution is 7.98. The number of piperidine rings is 1. The highest BCUT2D eigenvalue weighted by Gasteiger charge is 2.37. The van der Waals surface area contributed by atoms with Crippen LogP contribution in [0.3, 0.4) is 0 Å². The van der Waals surface area contributed by atoms with Crippen LogP contribution in [0.5, 0.6) is 5.75 Å². The second kappa shape index (κ2) is 13.0. The molecule has 0 saturated carbocycles. The number of nitrogens with two attached hydrogens (primary N) is 1. The third-order valence-electron chi connectivity index (χ3n) is 6.41. The van der Waals surface area contributed by atoms with E-state index >= 15 is 0 Å². The minimum atomic E-state index is -0.214. The maximum Gasteiger partial charge on any atom is 0.217 e. The maximum absolute atomic E-state index is 11.4. The van der Waals surface area contributed by atoms with Crippen molar-refractivity contribution in [1.82, 2.24) is 9.29 Å². The molecule has 2 N–H and O–H groups in total. The number of ether oxygens (including phenoxy) is 2. The monoisotopic (exact) mass is 471 g/mol. The SMILES string of the molecule is C=C/C=C\C(=C/C)COc1ccc(C2CCN(SC3(CCC(N)=O)CCOCC3)CC2)nc1. The van der Waals surface area contributed by atoms with Crippen LogP contribution in [0.4, 0.5) is 0 Å². The Morgan fingerprint density at radius 2 is 2.12 bits per heavy atom. The third-order valence-corrected chi connectivity index (χ3v) is 8.03. The fourth-order valence-corrected chi connectivity index (χ4v) is 5.79. The Morgan fingerprint density at radius 3 is 2.73 bits per heavy atom. The molecular formula is C26H37N3O3S. The summed E-state index contributed by atoms with van der Waals surface area (Å²) in [5.74, 6) is 1.04. The minimum Gasteiger partial charge on any atom is -0.487 e. The van der Waals surface area contributed by atoms with Gasteiger partial charge in [-0.15, -0.1) is 0 Å². The van der Waals surface area contributed by atoms with Gasteiger partial charge in [-0.2, -0.15) is 0 Å². The van der Waals surface area contributed by atoms with Crippen LogP contribution < -0.4 is 10.5 Å². The van der Waals surface area contributed by atoms with Crippen molar-refractivity contribution >= 4 is 17.9 Å². The highest BCUT2D eigenvalue weighted by Crippen LogP contribution is 2.43. The van der Waals surface area contributed by atoms with Gasteiger partial charge in [0.05, 0.1) is 6.20 Å². The van der Waals surface area contributed by atoms with Crippen LogP contribution in [0.25, 0.3) is 0 Å². The lowest BCUT2D eigenvalue weighted by Gasteiger charge is -2.42. The summed E-state index contributed by atoms with van der Waals surface area (Å²) in [6, 6.07) is 4.12. The first-order valence-electron chi connectivity index (χ1n) is 11.9. The van der Waals surface area contributed by atoms with Gasteiger partial charge in [-0.1, -0.05) is 42.8 Å². The summed E-state index contributed by atoms with van der Waals surface area (Å²) in [5, 5.41) is 0. The second-order valence-corrected chi connectivity index (χ2v) is 10.3. The molecule has 1 aromatic heterocycles. The topological polar surface area (TPSA) is 77.7 Å². The molecule has 7 heteroatoms. The summed E-state index contributed by atoms with van der Waals surface area (Å²) in [7, 11) is 0. The molecule has 0 radical (unpaired) electrons. The Bertz CT molecular complexity index is 824. The number of allylic oxidation sites excluding steroid dienone is 3. The molecule has 2 aliphatic rings. The standard InChI is InChI=1S/C26H37N3O3S/c1-3-5-6-21(4-2)20-32-23-7-8-24(28-19-23)22-10-15-29(16-11-22)33-26(12-9-25(27)30)13-17-31-18-14-26/h3-8,19,22H,1,9-18,20H2,2H3,(H2,27,30)/b6-5-,21-4+. The molecule has 3 rings (SSSR count). The number of rotatable bonds is 11. The van der Waals surface area contributed by atoms with E-state index < -0.39 is 0 Å². The van der Waals surface area contributed by atoms with Crippen molar-refractivity contribution in [2.45, 2.75) is 56.1 Å². The molecule has 33 heavy (non-hydrogen) atoms. The van der Waals surface area contributed by atoms with Gasteiger partial charge in [0.1, 0.15) is 12.4 Å². The van der Waals surface area contributed by atoms with E-state index in [1.807, 2.05) is 49.4 Å². The summed E-state index contributed by atoms with van der Waals surface area (Å²) in [4.78, 5) is 16.1. The molecule has 0 spiro atoms. The smallest absolute Gasteiger partial charge is 0.217 e. The van der Waals surface area contributed by atoms with E-state index in [-0.39, 0.29) is 10.7 Å². The van der Waals surface area contributed by atoms with Crippen molar-refractivity contribution < 1.29 is 14.3 Å². The van der Waals surface area contributed by atoms with Gasteiger partial charge in [0, 0.05) is 49.1 Å². The zero-order valence-corrected chi connectivity index (χ0v) is 20.5. The van der Waals surface area contributed by atoms with Crippen molar-refractivity contribution in [3.8, 4) is 5.75 Å². The molecule has 6 nitrogen and oxygen atoms in total. The average molecular weight is 472 g/mol. The molecule has 1 amide bonds. The molecule has 0 aliphatic carbocycles. The molecule has 0 aromatic carbocycles. The lowest BCUT2D eigenvalue weighted by molar-refractivity contribution is -0.118. The first-order valence-corrected chi connectivity index (χ1v) is 12.6. The number of carbonyl (C=O) groups is 1. The van der Waals surface area contributed by atoms with Crippen molar-refractivity contribution in [2.75, 3.05) is 32.9 Å². The van der Waals surface area contributed by atoms with Gasteiger partial charge in [-0.05, 0) is 56.7 Å². The minimum absolute atomic E-state index is 0.0734. The van der Waals surface area contributed by atoms with Gasteiger partial charge in [0.25, 0.3) is 0 Å². The van der Waals surface area contributed by atoms with Crippen molar-refractivity contribution in [1.29, 1.82) is 0 Å². The van der Waals surface area contributed by atoms with Crippen LogP contribution >= 0.6 is 11.9 Å². The molecule has 0 bridgehead atoms. The Labute approximate surface area is 202 Å². The summed E-state index contributed by atoms with van der Waals surface area (Å²) in [5.41, 5.74) is 7.67. The first kappa shape index (κ1) is 25.5. The predicted molar refractivity (Wildman–Crippen MR) is 135 cm³/mol. The van der Waals surface area contributed by atoms with Crippen LogP contribution in [0.15, 0.2) is 54.8 Å². The summed E-state index contributed by atoms with van der Waals surface area (Å²) in [6.45, 7) is 9.79. The van der Waals surface area contributed by atoms with Crippen LogP contribution in [0.1, 0.15) is 57.1 Å².